The van der Waals surface area contributed by atoms with Crippen molar-refractivity contribution >= 4 is 45.6 Å². The molecule has 0 saturated carbocycles. The fourth-order valence-electron chi connectivity index (χ4n) is 5.58. The summed E-state index contributed by atoms with van der Waals surface area (Å²) in [7, 11) is 3.08. The Morgan fingerprint density at radius 3 is 2.59 bits per heavy atom. The highest BCUT2D eigenvalue weighted by molar-refractivity contribution is 8.01. The lowest BCUT2D eigenvalue weighted by atomic mass is 9.68. The zero-order valence-corrected chi connectivity index (χ0v) is 26.9. The molecular weight excluding hydrogens is 597 g/mol. The predicted octanol–water partition coefficient (Wildman–Crippen LogP) is 5.79. The largest absolute Gasteiger partial charge is 0.497 e. The zero-order chi connectivity index (χ0) is 31.6. The van der Waals surface area contributed by atoms with Gasteiger partial charge in [-0.05, 0) is 41.5 Å². The Balaban J connectivity index is 1.44. The van der Waals surface area contributed by atoms with Crippen LogP contribution < -0.4 is 25.4 Å². The number of ketones is 1. The summed E-state index contributed by atoms with van der Waals surface area (Å²) in [6, 6.07) is 15.5. The van der Waals surface area contributed by atoms with Gasteiger partial charge in [-0.15, -0.1) is 10.2 Å². The highest BCUT2D eigenvalue weighted by atomic mass is 32.2. The highest BCUT2D eigenvalue weighted by Gasteiger charge is 2.45. The maximum absolute atomic E-state index is 13.8. The molecule has 0 bridgehead atoms. The van der Waals surface area contributed by atoms with E-state index in [1.54, 1.807) is 30.2 Å². The number of aromatic nitrogens is 2. The number of carbonyl (C=O) groups is 2. The van der Waals surface area contributed by atoms with Crippen LogP contribution in [0.1, 0.15) is 50.7 Å². The lowest BCUT2D eigenvalue weighted by Gasteiger charge is -2.42. The monoisotopic (exact) mass is 630 g/mol. The van der Waals surface area contributed by atoms with E-state index in [2.05, 4.69) is 42.4 Å². The Morgan fingerprint density at radius 1 is 1.18 bits per heavy atom. The van der Waals surface area contributed by atoms with Gasteiger partial charge in [-0.25, -0.2) is 0 Å². The first-order valence-corrected chi connectivity index (χ1v) is 15.9. The smallest absolute Gasteiger partial charge is 0.234 e. The van der Waals surface area contributed by atoms with E-state index in [1.165, 1.54) is 35.8 Å². The maximum Gasteiger partial charge on any atom is 0.234 e. The molecule has 1 atom stereocenters. The summed E-state index contributed by atoms with van der Waals surface area (Å²) in [5, 5.41) is 22.3. The van der Waals surface area contributed by atoms with Crippen LogP contribution in [0.5, 0.6) is 11.5 Å². The van der Waals surface area contributed by atoms with Crippen LogP contribution in [0.4, 0.5) is 10.8 Å². The SMILES string of the molecule is CCc1ccc(C2C(C#N)=C(N)N(c3nnc(SCC(=O)Nc4cc(OC)ccc4OC)s3)C3=C2C(=O)CC(C)(C)C3)cc1. The lowest BCUT2D eigenvalue weighted by molar-refractivity contribution is -0.118. The van der Waals surface area contributed by atoms with Gasteiger partial charge in [0.15, 0.2) is 10.1 Å². The molecule has 228 valence electrons. The maximum atomic E-state index is 13.8. The van der Waals surface area contributed by atoms with Crippen molar-refractivity contribution in [3.63, 3.8) is 0 Å². The third-order valence-corrected chi connectivity index (χ3v) is 9.74. The first-order valence-electron chi connectivity index (χ1n) is 14.1. The van der Waals surface area contributed by atoms with Crippen LogP contribution in [0.3, 0.4) is 0 Å². The molecule has 5 rings (SSSR count). The van der Waals surface area contributed by atoms with Crippen LogP contribution in [0.15, 0.2) is 69.5 Å². The molecule has 44 heavy (non-hydrogen) atoms. The van der Waals surface area contributed by atoms with E-state index in [0.717, 1.165) is 17.7 Å². The van der Waals surface area contributed by atoms with Crippen molar-refractivity contribution in [3.05, 3.63) is 76.3 Å². The Hall–Kier alpha value is -4.34. The summed E-state index contributed by atoms with van der Waals surface area (Å²) in [5.41, 5.74) is 10.6. The molecule has 10 nitrogen and oxygen atoms in total. The Bertz CT molecular complexity index is 1700. The van der Waals surface area contributed by atoms with Crippen LogP contribution >= 0.6 is 23.1 Å². The summed E-state index contributed by atoms with van der Waals surface area (Å²) in [6.07, 6.45) is 1.83. The van der Waals surface area contributed by atoms with Crippen molar-refractivity contribution in [3.8, 4) is 17.6 Å². The third kappa shape index (κ3) is 6.16. The minimum Gasteiger partial charge on any atom is -0.497 e. The van der Waals surface area contributed by atoms with Gasteiger partial charge < -0.3 is 20.5 Å². The van der Waals surface area contributed by atoms with E-state index in [0.29, 0.717) is 50.6 Å². The Labute approximate surface area is 264 Å². The molecular formula is C32H34N6O4S2. The topological polar surface area (TPSA) is 143 Å². The number of nitriles is 1. The van der Waals surface area contributed by atoms with E-state index < -0.39 is 5.92 Å². The summed E-state index contributed by atoms with van der Waals surface area (Å²) in [5.74, 6) is 0.580. The van der Waals surface area contributed by atoms with E-state index >= 15 is 0 Å². The van der Waals surface area contributed by atoms with Crippen molar-refractivity contribution in [2.24, 2.45) is 11.1 Å². The number of amides is 1. The summed E-state index contributed by atoms with van der Waals surface area (Å²) >= 11 is 2.47. The second kappa shape index (κ2) is 12.7. The van der Waals surface area contributed by atoms with Gasteiger partial charge in [0, 0.05) is 23.8 Å². The van der Waals surface area contributed by atoms with Gasteiger partial charge in [-0.1, -0.05) is 68.1 Å². The summed E-state index contributed by atoms with van der Waals surface area (Å²) in [4.78, 5) is 28.3. The molecule has 0 fully saturated rings. The predicted molar refractivity (Wildman–Crippen MR) is 172 cm³/mol. The number of ether oxygens (including phenoxy) is 2. The molecule has 1 unspecified atom stereocenters. The van der Waals surface area contributed by atoms with Crippen LogP contribution in [0, 0.1) is 16.7 Å². The number of methoxy groups -OCH3 is 2. The van der Waals surface area contributed by atoms with Crippen molar-refractivity contribution < 1.29 is 19.1 Å². The highest BCUT2D eigenvalue weighted by Crippen LogP contribution is 2.50. The second-order valence-corrected chi connectivity index (χ2v) is 13.5. The first-order chi connectivity index (χ1) is 21.1. The first kappa shape index (κ1) is 31.1. The number of carbonyl (C=O) groups excluding carboxylic acids is 2. The molecule has 2 heterocycles. The number of hydrogen-bond donors (Lipinski definition) is 2. The Kier molecular flexibility index (Phi) is 8.99. The van der Waals surface area contributed by atoms with E-state index in [4.69, 9.17) is 15.2 Å². The van der Waals surface area contributed by atoms with Crippen LogP contribution in [0.2, 0.25) is 0 Å². The number of rotatable bonds is 9. The number of allylic oxidation sites excluding steroid dienone is 3. The van der Waals surface area contributed by atoms with Gasteiger partial charge in [0.2, 0.25) is 11.0 Å². The molecule has 1 aromatic heterocycles. The molecule has 0 radical (unpaired) electrons. The number of thioether (sulfide) groups is 1. The average molecular weight is 631 g/mol. The second-order valence-electron chi connectivity index (χ2n) is 11.3. The fourth-order valence-corrected chi connectivity index (χ4v) is 7.26. The van der Waals surface area contributed by atoms with Crippen LogP contribution in [-0.4, -0.2) is 41.9 Å². The third-order valence-electron chi connectivity index (χ3n) is 7.70. The van der Waals surface area contributed by atoms with Crippen molar-refractivity contribution in [2.45, 2.75) is 50.3 Å². The molecule has 1 aliphatic heterocycles. The van der Waals surface area contributed by atoms with Gasteiger partial charge >= 0.3 is 0 Å². The number of nitrogens with one attached hydrogen (secondary N) is 1. The van der Waals surface area contributed by atoms with Crippen molar-refractivity contribution in [1.82, 2.24) is 10.2 Å². The summed E-state index contributed by atoms with van der Waals surface area (Å²) in [6.45, 7) is 6.18. The van der Waals surface area contributed by atoms with Gasteiger partial charge in [-0.3, -0.25) is 14.5 Å². The van der Waals surface area contributed by atoms with Crippen LogP contribution in [-0.2, 0) is 16.0 Å². The number of nitrogens with two attached hydrogens (primary N) is 1. The van der Waals surface area contributed by atoms with Crippen molar-refractivity contribution in [2.75, 3.05) is 30.2 Å². The number of Topliss-reactive ketones (excluding diaryl/α,β-unsaturated/α-hetero) is 1. The van der Waals surface area contributed by atoms with E-state index in [1.807, 2.05) is 24.3 Å². The summed E-state index contributed by atoms with van der Waals surface area (Å²) < 4.78 is 11.1. The van der Waals surface area contributed by atoms with E-state index in [-0.39, 0.29) is 28.7 Å². The average Bonchev–Trinajstić information content (AvgIpc) is 3.47. The molecule has 3 N–H and O–H groups in total. The zero-order valence-electron chi connectivity index (χ0n) is 25.3. The number of anilines is 2. The lowest BCUT2D eigenvalue weighted by Crippen LogP contribution is -2.42. The fraction of sp³-hybridized carbons (Fsp3) is 0.344. The molecule has 2 aliphatic rings. The molecule has 1 aliphatic carbocycles. The quantitative estimate of drug-likeness (QED) is 0.279. The number of aryl methyl sites for hydroxylation is 1. The number of benzene rings is 2. The molecule has 1 amide bonds. The normalized spacial score (nSPS) is 17.7. The van der Waals surface area contributed by atoms with Gasteiger partial charge in [0.1, 0.15) is 17.3 Å². The van der Waals surface area contributed by atoms with Gasteiger partial charge in [0.05, 0.1) is 43.2 Å². The minimum atomic E-state index is -0.556. The molecule has 2 aromatic carbocycles. The molecule has 12 heteroatoms. The number of hydrogen-bond acceptors (Lipinski definition) is 11. The molecule has 0 spiro atoms. The minimum absolute atomic E-state index is 0.00479. The van der Waals surface area contributed by atoms with Gasteiger partial charge in [-0.2, -0.15) is 5.26 Å². The van der Waals surface area contributed by atoms with Crippen LogP contribution in [0.25, 0.3) is 0 Å². The number of nitrogens with zero attached hydrogens (tertiary/aromatic N) is 4. The standard InChI is InChI=1S/C32H34N6O4S2/c1-6-18-7-9-19(10-8-18)27-21(16-33)29(34)38(23-14-32(2,3)15-24(39)28(23)27)30-36-37-31(44-30)43-17-26(40)35-22-13-20(41-4)11-12-25(22)42-5/h7-13,27H,6,14-15,17,34H2,1-5H3,(H,35,40). The Morgan fingerprint density at radius 2 is 1.93 bits per heavy atom. The molecule has 0 saturated heterocycles. The van der Waals surface area contributed by atoms with E-state index in [9.17, 15) is 14.9 Å². The van der Waals surface area contributed by atoms with Gasteiger partial charge in [0.25, 0.3) is 0 Å². The molecule has 3 aromatic rings. The van der Waals surface area contributed by atoms with Crippen molar-refractivity contribution in [1.29, 1.82) is 5.26 Å².